The summed E-state index contributed by atoms with van der Waals surface area (Å²) in [6.45, 7) is 0. The average Bonchev–Trinajstić information content (AvgIpc) is 2.06. The van der Waals surface area contributed by atoms with Crippen molar-refractivity contribution in [2.45, 2.75) is 31.7 Å². The number of terminal acetylenes is 1. The highest BCUT2D eigenvalue weighted by Gasteiger charge is 2.23. The van der Waals surface area contributed by atoms with E-state index in [1.54, 1.807) is 0 Å². The number of amides is 1. The predicted molar refractivity (Wildman–Crippen MR) is 46.9 cm³/mol. The van der Waals surface area contributed by atoms with Crippen molar-refractivity contribution in [3.05, 3.63) is 0 Å². The largest absolute Gasteiger partial charge is 0.328 e. The van der Waals surface area contributed by atoms with Crippen LogP contribution in [0, 0.1) is 18.4 Å². The van der Waals surface area contributed by atoms with Gasteiger partial charge in [0.1, 0.15) is 0 Å². The van der Waals surface area contributed by atoms with E-state index in [9.17, 15) is 4.79 Å². The van der Waals surface area contributed by atoms with Crippen LogP contribution in [0.25, 0.3) is 0 Å². The van der Waals surface area contributed by atoms with Crippen LogP contribution in [0.2, 0.25) is 0 Å². The van der Waals surface area contributed by atoms with E-state index in [0.717, 1.165) is 25.7 Å². The molecule has 3 heteroatoms. The highest BCUT2D eigenvalue weighted by atomic mass is 16.1. The molecule has 0 spiro atoms. The molecule has 3 nitrogen and oxygen atoms in total. The van der Waals surface area contributed by atoms with Gasteiger partial charge in [-0.15, -0.1) is 0 Å². The number of carbonyl (C=O) groups excluding carboxylic acids is 1. The minimum Gasteiger partial charge on any atom is -0.328 e. The summed E-state index contributed by atoms with van der Waals surface area (Å²) in [6.07, 6.45) is 8.56. The van der Waals surface area contributed by atoms with E-state index in [1.807, 2.05) is 0 Å². The standard InChI is InChI=1S/C9H14N2O/c1-2-11-9(12)7-3-5-8(10)6-4-7/h1,7-8H,3-6,10H2,(H,11,12). The van der Waals surface area contributed by atoms with Gasteiger partial charge in [-0.1, -0.05) is 6.42 Å². The Morgan fingerprint density at radius 3 is 2.50 bits per heavy atom. The molecule has 12 heavy (non-hydrogen) atoms. The molecule has 1 fully saturated rings. The molecule has 0 saturated heterocycles. The van der Waals surface area contributed by atoms with E-state index in [1.165, 1.54) is 0 Å². The van der Waals surface area contributed by atoms with Gasteiger partial charge in [-0.2, -0.15) is 0 Å². The second kappa shape index (κ2) is 4.13. The second-order valence-corrected chi connectivity index (χ2v) is 3.25. The lowest BCUT2D eigenvalue weighted by Gasteiger charge is -2.24. The maximum absolute atomic E-state index is 11.2. The predicted octanol–water partition coefficient (Wildman–Crippen LogP) is 0.211. The molecule has 0 radical (unpaired) electrons. The van der Waals surface area contributed by atoms with E-state index in [-0.39, 0.29) is 17.9 Å². The van der Waals surface area contributed by atoms with Crippen LogP contribution >= 0.6 is 0 Å². The number of rotatable bonds is 1. The van der Waals surface area contributed by atoms with Gasteiger partial charge >= 0.3 is 0 Å². The summed E-state index contributed by atoms with van der Waals surface area (Å²) in [5.41, 5.74) is 5.70. The third-order valence-corrected chi connectivity index (χ3v) is 2.34. The molecule has 3 N–H and O–H groups in total. The van der Waals surface area contributed by atoms with Gasteiger partial charge in [0, 0.05) is 18.0 Å². The Kier molecular flexibility index (Phi) is 3.12. The lowest BCUT2D eigenvalue weighted by Crippen LogP contribution is -2.34. The summed E-state index contributed by atoms with van der Waals surface area (Å²) >= 11 is 0. The minimum atomic E-state index is -0.0237. The summed E-state index contributed by atoms with van der Waals surface area (Å²) in [5.74, 6) is 0.0604. The number of nitrogens with two attached hydrogens (primary N) is 1. The summed E-state index contributed by atoms with van der Waals surface area (Å²) in [4.78, 5) is 11.2. The topological polar surface area (TPSA) is 55.1 Å². The molecule has 0 aromatic heterocycles. The van der Waals surface area contributed by atoms with Crippen LogP contribution in [0.4, 0.5) is 0 Å². The van der Waals surface area contributed by atoms with Gasteiger partial charge in [0.05, 0.1) is 0 Å². The van der Waals surface area contributed by atoms with Crippen LogP contribution in [0.5, 0.6) is 0 Å². The zero-order valence-corrected chi connectivity index (χ0v) is 7.05. The Balaban J connectivity index is 2.35. The molecule has 0 heterocycles. The molecule has 1 amide bonds. The highest BCUT2D eigenvalue weighted by Crippen LogP contribution is 2.22. The average molecular weight is 166 g/mol. The molecule has 66 valence electrons. The van der Waals surface area contributed by atoms with Gasteiger partial charge in [0.15, 0.2) is 0 Å². The van der Waals surface area contributed by atoms with Crippen molar-refractivity contribution in [1.29, 1.82) is 0 Å². The van der Waals surface area contributed by atoms with Crippen molar-refractivity contribution in [1.82, 2.24) is 5.32 Å². The fraction of sp³-hybridized carbons (Fsp3) is 0.667. The van der Waals surface area contributed by atoms with Crippen molar-refractivity contribution in [3.63, 3.8) is 0 Å². The van der Waals surface area contributed by atoms with Crippen LogP contribution in [0.15, 0.2) is 0 Å². The van der Waals surface area contributed by atoms with E-state index in [0.29, 0.717) is 0 Å². The summed E-state index contributed by atoms with van der Waals surface area (Å²) in [7, 11) is 0. The summed E-state index contributed by atoms with van der Waals surface area (Å²) < 4.78 is 0. The fourth-order valence-electron chi connectivity index (χ4n) is 1.55. The van der Waals surface area contributed by atoms with Crippen LogP contribution in [-0.2, 0) is 4.79 Å². The first-order valence-electron chi connectivity index (χ1n) is 4.25. The summed E-state index contributed by atoms with van der Waals surface area (Å²) in [5, 5.41) is 2.38. The quantitative estimate of drug-likeness (QED) is 0.432. The van der Waals surface area contributed by atoms with E-state index in [4.69, 9.17) is 12.2 Å². The molecule has 1 aliphatic rings. The Bertz CT molecular complexity index is 199. The third-order valence-electron chi connectivity index (χ3n) is 2.34. The van der Waals surface area contributed by atoms with Crippen LogP contribution in [-0.4, -0.2) is 11.9 Å². The van der Waals surface area contributed by atoms with Gasteiger partial charge in [-0.25, -0.2) is 0 Å². The molecular weight excluding hydrogens is 152 g/mol. The van der Waals surface area contributed by atoms with Crippen molar-refractivity contribution < 1.29 is 4.79 Å². The zero-order chi connectivity index (χ0) is 8.97. The Hall–Kier alpha value is -1.01. The van der Waals surface area contributed by atoms with Crippen molar-refractivity contribution in [2.75, 3.05) is 0 Å². The first-order chi connectivity index (χ1) is 5.74. The first-order valence-corrected chi connectivity index (χ1v) is 4.25. The molecule has 0 atom stereocenters. The fourth-order valence-corrected chi connectivity index (χ4v) is 1.55. The molecular formula is C9H14N2O. The Labute approximate surface area is 72.7 Å². The maximum Gasteiger partial charge on any atom is 0.234 e. The summed E-state index contributed by atoms with van der Waals surface area (Å²) in [6, 6.07) is 2.42. The van der Waals surface area contributed by atoms with E-state index < -0.39 is 0 Å². The van der Waals surface area contributed by atoms with Gasteiger partial charge < -0.3 is 5.73 Å². The highest BCUT2D eigenvalue weighted by molar-refractivity contribution is 5.80. The van der Waals surface area contributed by atoms with Crippen molar-refractivity contribution in [3.8, 4) is 12.5 Å². The first kappa shape index (κ1) is 9.08. The normalized spacial score (nSPS) is 29.0. The number of carbonyl (C=O) groups is 1. The van der Waals surface area contributed by atoms with E-state index >= 15 is 0 Å². The number of hydrogen-bond donors (Lipinski definition) is 2. The molecule has 0 bridgehead atoms. The lowest BCUT2D eigenvalue weighted by molar-refractivity contribution is -0.124. The van der Waals surface area contributed by atoms with Crippen molar-refractivity contribution >= 4 is 5.91 Å². The molecule has 1 aliphatic carbocycles. The molecule has 0 aliphatic heterocycles. The molecule has 0 aromatic rings. The molecule has 1 rings (SSSR count). The SMILES string of the molecule is C#CNC(=O)C1CCC(N)CC1. The zero-order valence-electron chi connectivity index (χ0n) is 7.05. The maximum atomic E-state index is 11.2. The van der Waals surface area contributed by atoms with Crippen LogP contribution < -0.4 is 11.1 Å². The minimum absolute atomic E-state index is 0.0237. The molecule has 0 unspecified atom stereocenters. The lowest BCUT2D eigenvalue weighted by atomic mass is 9.86. The number of hydrogen-bond acceptors (Lipinski definition) is 2. The smallest absolute Gasteiger partial charge is 0.234 e. The molecule has 0 aromatic carbocycles. The van der Waals surface area contributed by atoms with Crippen molar-refractivity contribution in [2.24, 2.45) is 11.7 Å². The second-order valence-electron chi connectivity index (χ2n) is 3.25. The van der Waals surface area contributed by atoms with Gasteiger partial charge in [0.2, 0.25) is 5.91 Å². The Morgan fingerprint density at radius 1 is 1.42 bits per heavy atom. The van der Waals surface area contributed by atoms with Gasteiger partial charge in [-0.05, 0) is 25.7 Å². The van der Waals surface area contributed by atoms with Gasteiger partial charge in [-0.3, -0.25) is 10.1 Å². The Morgan fingerprint density at radius 2 is 2.00 bits per heavy atom. The number of nitrogens with one attached hydrogen (secondary N) is 1. The van der Waals surface area contributed by atoms with Crippen LogP contribution in [0.1, 0.15) is 25.7 Å². The monoisotopic (exact) mass is 166 g/mol. The van der Waals surface area contributed by atoms with Crippen LogP contribution in [0.3, 0.4) is 0 Å². The van der Waals surface area contributed by atoms with Gasteiger partial charge in [0.25, 0.3) is 0 Å². The molecule has 1 saturated carbocycles. The third kappa shape index (κ3) is 2.24. The van der Waals surface area contributed by atoms with E-state index in [2.05, 4.69) is 11.4 Å².